The zero-order chi connectivity index (χ0) is 17.3. The summed E-state index contributed by atoms with van der Waals surface area (Å²) in [6.45, 7) is 1.95. The number of fused-ring (bicyclic) bond motifs is 1. The van der Waals surface area contributed by atoms with Gasteiger partial charge in [-0.2, -0.15) is 0 Å². The van der Waals surface area contributed by atoms with Crippen LogP contribution in [0.4, 0.5) is 5.69 Å². The van der Waals surface area contributed by atoms with Gasteiger partial charge in [0.25, 0.3) is 5.69 Å². The molecule has 8 heteroatoms. The zero-order valence-corrected chi connectivity index (χ0v) is 13.4. The highest BCUT2D eigenvalue weighted by Crippen LogP contribution is 2.24. The highest BCUT2D eigenvalue weighted by Gasteiger charge is 2.23. The molecule has 1 heterocycles. The van der Waals surface area contributed by atoms with Gasteiger partial charge < -0.3 is 9.73 Å². The van der Waals surface area contributed by atoms with Crippen molar-refractivity contribution in [3.05, 3.63) is 38.9 Å². The molecule has 1 N–H and O–H groups in total. The van der Waals surface area contributed by atoms with Gasteiger partial charge in [-0.3, -0.25) is 19.5 Å². The molecule has 1 aliphatic rings. The van der Waals surface area contributed by atoms with E-state index >= 15 is 0 Å². The van der Waals surface area contributed by atoms with E-state index in [1.807, 2.05) is 0 Å². The Kier molecular flexibility index (Phi) is 4.37. The van der Waals surface area contributed by atoms with Crippen molar-refractivity contribution < 1.29 is 14.1 Å². The number of nitro groups is 1. The fourth-order valence-electron chi connectivity index (χ4n) is 3.25. The Balaban J connectivity index is 1.79. The smallest absolute Gasteiger partial charge is 0.407 e. The molecule has 1 fully saturated rings. The fraction of sp³-hybridized carbons (Fsp3) is 0.500. The molecule has 0 bridgehead atoms. The van der Waals surface area contributed by atoms with Crippen molar-refractivity contribution in [1.29, 1.82) is 0 Å². The highest BCUT2D eigenvalue weighted by molar-refractivity contribution is 5.80. The number of hydrogen-bond donors (Lipinski definition) is 1. The molecule has 0 saturated heterocycles. The summed E-state index contributed by atoms with van der Waals surface area (Å²) in [5, 5.41) is 13.8. The lowest BCUT2D eigenvalue weighted by Gasteiger charge is -2.29. The van der Waals surface area contributed by atoms with Gasteiger partial charge in [0.1, 0.15) is 6.54 Å². The molecule has 1 aromatic heterocycles. The minimum Gasteiger partial charge on any atom is -0.407 e. The number of carbonyl (C=O) groups excluding carboxylic acids is 1. The molecule has 24 heavy (non-hydrogen) atoms. The Morgan fingerprint density at radius 3 is 2.88 bits per heavy atom. The first-order valence-corrected chi connectivity index (χ1v) is 8.03. The second-order valence-corrected chi connectivity index (χ2v) is 6.30. The number of amides is 1. The summed E-state index contributed by atoms with van der Waals surface area (Å²) in [7, 11) is 0. The van der Waals surface area contributed by atoms with Crippen molar-refractivity contribution in [2.75, 3.05) is 0 Å². The number of nitro benzene ring substituents is 1. The molecule has 1 amide bonds. The third-order valence-corrected chi connectivity index (χ3v) is 4.62. The maximum Gasteiger partial charge on any atom is 0.420 e. The van der Waals surface area contributed by atoms with Crippen molar-refractivity contribution in [3.8, 4) is 0 Å². The van der Waals surface area contributed by atoms with Crippen molar-refractivity contribution in [1.82, 2.24) is 9.88 Å². The van der Waals surface area contributed by atoms with Crippen molar-refractivity contribution >= 4 is 22.7 Å². The molecule has 1 aromatic carbocycles. The number of non-ortho nitro benzene ring substituents is 1. The third-order valence-electron chi connectivity index (χ3n) is 4.62. The van der Waals surface area contributed by atoms with Gasteiger partial charge in [0.05, 0.1) is 16.5 Å². The molecule has 0 unspecified atom stereocenters. The second kappa shape index (κ2) is 6.46. The summed E-state index contributed by atoms with van der Waals surface area (Å²) in [5.41, 5.74) is 0.314. The van der Waals surface area contributed by atoms with Crippen LogP contribution in [0.25, 0.3) is 11.1 Å². The molecule has 2 aromatic rings. The van der Waals surface area contributed by atoms with Gasteiger partial charge in [0.2, 0.25) is 5.91 Å². The number of nitrogens with one attached hydrogen (secondary N) is 1. The molecule has 2 atom stereocenters. The molecule has 1 aliphatic carbocycles. The van der Waals surface area contributed by atoms with Crippen LogP contribution in [0.2, 0.25) is 0 Å². The number of nitrogens with zero attached hydrogens (tertiary/aromatic N) is 2. The van der Waals surface area contributed by atoms with E-state index in [2.05, 4.69) is 12.2 Å². The van der Waals surface area contributed by atoms with Gasteiger partial charge >= 0.3 is 5.76 Å². The number of benzene rings is 1. The summed E-state index contributed by atoms with van der Waals surface area (Å²) >= 11 is 0. The topological polar surface area (TPSA) is 107 Å². The molecular formula is C16H19N3O5. The second-order valence-electron chi connectivity index (χ2n) is 6.30. The maximum absolute atomic E-state index is 12.3. The third kappa shape index (κ3) is 3.17. The first-order valence-electron chi connectivity index (χ1n) is 8.03. The quantitative estimate of drug-likeness (QED) is 0.681. The van der Waals surface area contributed by atoms with Gasteiger partial charge in [-0.15, -0.1) is 0 Å². The Labute approximate surface area is 137 Å². The van der Waals surface area contributed by atoms with Crippen LogP contribution in [-0.2, 0) is 11.3 Å². The first kappa shape index (κ1) is 16.2. The number of carbonyl (C=O) groups is 1. The molecule has 3 rings (SSSR count). The normalized spacial score (nSPS) is 20.9. The first-order chi connectivity index (χ1) is 11.5. The lowest BCUT2D eigenvalue weighted by molar-refractivity contribution is -0.384. The zero-order valence-electron chi connectivity index (χ0n) is 13.4. The summed E-state index contributed by atoms with van der Waals surface area (Å²) in [4.78, 5) is 34.5. The fourth-order valence-corrected chi connectivity index (χ4v) is 3.25. The van der Waals surface area contributed by atoms with E-state index in [9.17, 15) is 19.7 Å². The van der Waals surface area contributed by atoms with Gasteiger partial charge in [-0.1, -0.05) is 19.8 Å². The standard InChI is InChI=1S/C16H19N3O5/c1-10-4-2-3-5-12(10)17-15(20)9-18-13-7-6-11(19(22)23)8-14(13)24-16(18)21/h6-8,10,12H,2-5,9H2,1H3,(H,17,20)/t10-,12-/m0/s1. The average Bonchev–Trinajstić information content (AvgIpc) is 2.84. The van der Waals surface area contributed by atoms with Crippen LogP contribution in [0.3, 0.4) is 0 Å². The van der Waals surface area contributed by atoms with E-state index in [0.717, 1.165) is 19.3 Å². The Hall–Kier alpha value is -2.64. The van der Waals surface area contributed by atoms with Gasteiger partial charge in [0.15, 0.2) is 5.58 Å². The van der Waals surface area contributed by atoms with Crippen LogP contribution in [0.1, 0.15) is 32.6 Å². The van der Waals surface area contributed by atoms with E-state index in [1.165, 1.54) is 29.2 Å². The molecule has 0 spiro atoms. The Morgan fingerprint density at radius 2 is 2.17 bits per heavy atom. The van der Waals surface area contributed by atoms with Crippen LogP contribution < -0.4 is 11.1 Å². The molecule has 1 saturated carbocycles. The summed E-state index contributed by atoms with van der Waals surface area (Å²) in [6.07, 6.45) is 4.30. The van der Waals surface area contributed by atoms with Crippen LogP contribution in [0.15, 0.2) is 27.4 Å². The van der Waals surface area contributed by atoms with E-state index in [4.69, 9.17) is 4.42 Å². The average molecular weight is 333 g/mol. The number of rotatable bonds is 4. The highest BCUT2D eigenvalue weighted by atomic mass is 16.6. The largest absolute Gasteiger partial charge is 0.420 e. The maximum atomic E-state index is 12.3. The van der Waals surface area contributed by atoms with E-state index < -0.39 is 10.7 Å². The molecule has 0 aliphatic heterocycles. The monoisotopic (exact) mass is 333 g/mol. The van der Waals surface area contributed by atoms with Crippen molar-refractivity contribution in [2.45, 2.75) is 45.2 Å². The predicted molar refractivity (Wildman–Crippen MR) is 86.7 cm³/mol. The Bertz CT molecular complexity index is 838. The number of hydrogen-bond acceptors (Lipinski definition) is 5. The predicted octanol–water partition coefficient (Wildman–Crippen LogP) is 2.20. The molecule has 8 nitrogen and oxygen atoms in total. The lowest BCUT2D eigenvalue weighted by Crippen LogP contribution is -2.43. The van der Waals surface area contributed by atoms with Crippen molar-refractivity contribution in [3.63, 3.8) is 0 Å². The van der Waals surface area contributed by atoms with E-state index in [0.29, 0.717) is 11.4 Å². The van der Waals surface area contributed by atoms with Crippen molar-refractivity contribution in [2.24, 2.45) is 5.92 Å². The lowest BCUT2D eigenvalue weighted by atomic mass is 9.86. The Morgan fingerprint density at radius 1 is 1.42 bits per heavy atom. The van der Waals surface area contributed by atoms with Crippen LogP contribution >= 0.6 is 0 Å². The van der Waals surface area contributed by atoms with Gasteiger partial charge in [-0.25, -0.2) is 4.79 Å². The number of aromatic nitrogens is 1. The minimum atomic E-state index is -0.697. The van der Waals surface area contributed by atoms with Gasteiger partial charge in [0, 0.05) is 12.1 Å². The van der Waals surface area contributed by atoms with E-state index in [-0.39, 0.29) is 29.8 Å². The number of oxazole rings is 1. The van der Waals surface area contributed by atoms with E-state index in [1.54, 1.807) is 0 Å². The van der Waals surface area contributed by atoms with Crippen LogP contribution in [0.5, 0.6) is 0 Å². The van der Waals surface area contributed by atoms with Gasteiger partial charge in [-0.05, 0) is 24.8 Å². The summed E-state index contributed by atoms with van der Waals surface area (Å²) in [6, 6.07) is 4.03. The summed E-state index contributed by atoms with van der Waals surface area (Å²) in [5.74, 6) is -0.530. The minimum absolute atomic E-state index is 0.105. The van der Waals surface area contributed by atoms with Crippen LogP contribution in [-0.4, -0.2) is 21.4 Å². The molecule has 0 radical (unpaired) electrons. The molecule has 128 valence electrons. The van der Waals surface area contributed by atoms with Crippen LogP contribution in [0, 0.1) is 16.0 Å². The summed E-state index contributed by atoms with van der Waals surface area (Å²) < 4.78 is 6.22. The SMILES string of the molecule is C[C@H]1CCCC[C@@H]1NC(=O)Cn1c(=O)oc2cc([N+](=O)[O-])ccc21. The molecular weight excluding hydrogens is 314 g/mol.